The van der Waals surface area contributed by atoms with Gasteiger partial charge >= 0.3 is 5.97 Å². The van der Waals surface area contributed by atoms with Crippen molar-refractivity contribution in [2.45, 2.75) is 25.0 Å². The van der Waals surface area contributed by atoms with E-state index in [1.54, 1.807) is 13.8 Å². The van der Waals surface area contributed by atoms with Gasteiger partial charge in [0.25, 0.3) is 10.0 Å². The zero-order valence-corrected chi connectivity index (χ0v) is 9.69. The lowest BCUT2D eigenvalue weighted by atomic mass is 10.1. The highest BCUT2D eigenvalue weighted by Gasteiger charge is 2.29. The van der Waals surface area contributed by atoms with Gasteiger partial charge in [0.2, 0.25) is 5.09 Å². The summed E-state index contributed by atoms with van der Waals surface area (Å²) in [5.74, 6) is -1.58. The Bertz CT molecular complexity index is 448. The van der Waals surface area contributed by atoms with Gasteiger partial charge in [-0.2, -0.15) is 4.72 Å². The Morgan fingerprint density at radius 2 is 2.12 bits per heavy atom. The first-order valence-electron chi connectivity index (χ1n) is 4.63. The fourth-order valence-electron chi connectivity index (χ4n) is 1.11. The summed E-state index contributed by atoms with van der Waals surface area (Å²) < 4.78 is 30.1. The topological polar surface area (TPSA) is 96.6 Å². The maximum absolute atomic E-state index is 11.6. The lowest BCUT2D eigenvalue weighted by Crippen LogP contribution is -2.44. The van der Waals surface area contributed by atoms with E-state index < -0.39 is 22.0 Å². The van der Waals surface area contributed by atoms with Gasteiger partial charge in [-0.1, -0.05) is 13.8 Å². The van der Waals surface area contributed by atoms with Crippen molar-refractivity contribution in [3.05, 3.63) is 18.4 Å². The fraction of sp³-hybridized carbons (Fsp3) is 0.444. The molecular formula is C9H13NO5S. The number of carboxylic acids is 1. The van der Waals surface area contributed by atoms with Crippen LogP contribution in [-0.4, -0.2) is 25.5 Å². The molecule has 0 aromatic carbocycles. The van der Waals surface area contributed by atoms with Gasteiger partial charge in [-0.05, 0) is 18.1 Å². The third-order valence-electron chi connectivity index (χ3n) is 1.97. The predicted molar refractivity (Wildman–Crippen MR) is 55.3 cm³/mol. The summed E-state index contributed by atoms with van der Waals surface area (Å²) in [6, 6.07) is 1.50. The van der Waals surface area contributed by atoms with Crippen molar-refractivity contribution < 1.29 is 22.7 Å². The van der Waals surface area contributed by atoms with E-state index in [0.29, 0.717) is 0 Å². The monoisotopic (exact) mass is 247 g/mol. The molecule has 0 bridgehead atoms. The zero-order chi connectivity index (χ0) is 12.3. The van der Waals surface area contributed by atoms with Crippen molar-refractivity contribution in [2.24, 2.45) is 5.92 Å². The number of sulfonamides is 1. The molecule has 6 nitrogen and oxygen atoms in total. The third kappa shape index (κ3) is 2.83. The molecule has 0 amide bonds. The SMILES string of the molecule is CC(C)C(NS(=O)(=O)c1ccco1)C(=O)O. The van der Waals surface area contributed by atoms with Crippen LogP contribution in [0.25, 0.3) is 0 Å². The van der Waals surface area contributed by atoms with E-state index >= 15 is 0 Å². The van der Waals surface area contributed by atoms with Gasteiger partial charge in [-0.25, -0.2) is 8.42 Å². The molecule has 1 aromatic heterocycles. The van der Waals surface area contributed by atoms with Gasteiger partial charge in [0, 0.05) is 0 Å². The van der Waals surface area contributed by atoms with E-state index in [-0.39, 0.29) is 11.0 Å². The molecule has 1 rings (SSSR count). The second kappa shape index (κ2) is 4.67. The molecule has 0 aliphatic rings. The summed E-state index contributed by atoms with van der Waals surface area (Å²) in [6.07, 6.45) is 1.21. The Labute approximate surface area is 93.3 Å². The molecular weight excluding hydrogens is 234 g/mol. The molecule has 1 heterocycles. The van der Waals surface area contributed by atoms with E-state index in [9.17, 15) is 13.2 Å². The van der Waals surface area contributed by atoms with Crippen molar-refractivity contribution in [2.75, 3.05) is 0 Å². The largest absolute Gasteiger partial charge is 0.480 e. The molecule has 1 aromatic rings. The van der Waals surface area contributed by atoms with E-state index in [0.717, 1.165) is 0 Å². The minimum atomic E-state index is -3.90. The first kappa shape index (κ1) is 12.7. The van der Waals surface area contributed by atoms with Crippen LogP contribution in [0.15, 0.2) is 27.9 Å². The molecule has 0 aliphatic heterocycles. The van der Waals surface area contributed by atoms with Crippen molar-refractivity contribution in [3.63, 3.8) is 0 Å². The van der Waals surface area contributed by atoms with Crippen LogP contribution in [0.5, 0.6) is 0 Å². The maximum atomic E-state index is 11.6. The van der Waals surface area contributed by atoms with E-state index in [2.05, 4.69) is 4.72 Å². The standard InChI is InChI=1S/C9H13NO5S/c1-6(2)8(9(11)12)10-16(13,14)7-4-3-5-15-7/h3-6,8,10H,1-2H3,(H,11,12). The normalized spacial score (nSPS) is 13.9. The Balaban J connectivity index is 2.92. The average molecular weight is 247 g/mol. The first-order chi connectivity index (χ1) is 7.34. The molecule has 0 radical (unpaired) electrons. The molecule has 0 aliphatic carbocycles. The summed E-state index contributed by atoms with van der Waals surface area (Å²) in [5.41, 5.74) is 0. The van der Waals surface area contributed by atoms with Gasteiger partial charge in [0.15, 0.2) is 0 Å². The minimum Gasteiger partial charge on any atom is -0.480 e. The van der Waals surface area contributed by atoms with Gasteiger partial charge < -0.3 is 9.52 Å². The summed E-state index contributed by atoms with van der Waals surface area (Å²) in [7, 11) is -3.90. The van der Waals surface area contributed by atoms with Gasteiger partial charge in [-0.15, -0.1) is 0 Å². The zero-order valence-electron chi connectivity index (χ0n) is 8.88. The van der Waals surface area contributed by atoms with E-state index in [1.807, 2.05) is 0 Å². The van der Waals surface area contributed by atoms with Crippen LogP contribution in [0.3, 0.4) is 0 Å². The second-order valence-corrected chi connectivity index (χ2v) is 5.26. The number of hydrogen-bond acceptors (Lipinski definition) is 4. The lowest BCUT2D eigenvalue weighted by molar-refractivity contribution is -0.140. The Kier molecular flexibility index (Phi) is 3.71. The Morgan fingerprint density at radius 3 is 2.50 bits per heavy atom. The van der Waals surface area contributed by atoms with Crippen LogP contribution in [-0.2, 0) is 14.8 Å². The van der Waals surface area contributed by atoms with Crippen LogP contribution < -0.4 is 4.72 Å². The number of rotatable bonds is 5. The van der Waals surface area contributed by atoms with E-state index in [4.69, 9.17) is 9.52 Å². The molecule has 1 atom stereocenters. The fourth-order valence-corrected chi connectivity index (χ4v) is 2.38. The first-order valence-corrected chi connectivity index (χ1v) is 6.11. The number of furan rings is 1. The van der Waals surface area contributed by atoms with Crippen molar-refractivity contribution in [1.82, 2.24) is 4.72 Å². The summed E-state index contributed by atoms with van der Waals surface area (Å²) >= 11 is 0. The maximum Gasteiger partial charge on any atom is 0.322 e. The summed E-state index contributed by atoms with van der Waals surface area (Å²) in [4.78, 5) is 10.8. The number of nitrogens with one attached hydrogen (secondary N) is 1. The number of carboxylic acid groups (broad SMARTS) is 1. The number of aliphatic carboxylic acids is 1. The van der Waals surface area contributed by atoms with Crippen molar-refractivity contribution >= 4 is 16.0 Å². The second-order valence-electron chi connectivity index (χ2n) is 3.61. The van der Waals surface area contributed by atoms with Crippen LogP contribution in [0.1, 0.15) is 13.8 Å². The van der Waals surface area contributed by atoms with Gasteiger partial charge in [-0.3, -0.25) is 4.79 Å². The minimum absolute atomic E-state index is 0.292. The number of carbonyl (C=O) groups is 1. The van der Waals surface area contributed by atoms with Crippen molar-refractivity contribution in [1.29, 1.82) is 0 Å². The lowest BCUT2D eigenvalue weighted by Gasteiger charge is -2.16. The molecule has 0 fully saturated rings. The summed E-state index contributed by atoms with van der Waals surface area (Å²) in [5, 5.41) is 8.55. The smallest absolute Gasteiger partial charge is 0.322 e. The Hall–Kier alpha value is -1.34. The molecule has 0 saturated carbocycles. The third-order valence-corrected chi connectivity index (χ3v) is 3.30. The van der Waals surface area contributed by atoms with Crippen LogP contribution in [0, 0.1) is 5.92 Å². The number of hydrogen-bond donors (Lipinski definition) is 2. The molecule has 90 valence electrons. The highest BCUT2D eigenvalue weighted by molar-refractivity contribution is 7.89. The molecule has 1 unspecified atom stereocenters. The molecule has 0 spiro atoms. The van der Waals surface area contributed by atoms with Crippen molar-refractivity contribution in [3.8, 4) is 0 Å². The molecule has 16 heavy (non-hydrogen) atoms. The van der Waals surface area contributed by atoms with E-state index in [1.165, 1.54) is 18.4 Å². The van der Waals surface area contributed by atoms with Crippen LogP contribution in [0.2, 0.25) is 0 Å². The highest BCUT2D eigenvalue weighted by atomic mass is 32.2. The summed E-state index contributed by atoms with van der Waals surface area (Å²) in [6.45, 7) is 3.23. The Morgan fingerprint density at radius 1 is 1.50 bits per heavy atom. The average Bonchev–Trinajstić information content (AvgIpc) is 2.66. The molecule has 2 N–H and O–H groups in total. The highest BCUT2D eigenvalue weighted by Crippen LogP contribution is 2.12. The predicted octanol–water partition coefficient (Wildman–Crippen LogP) is 0.667. The molecule has 7 heteroatoms. The quantitative estimate of drug-likeness (QED) is 0.797. The van der Waals surface area contributed by atoms with Crippen LogP contribution >= 0.6 is 0 Å². The van der Waals surface area contributed by atoms with Gasteiger partial charge in [0.05, 0.1) is 6.26 Å². The molecule has 0 saturated heterocycles. The van der Waals surface area contributed by atoms with Gasteiger partial charge in [0.1, 0.15) is 6.04 Å². The van der Waals surface area contributed by atoms with Crippen LogP contribution in [0.4, 0.5) is 0 Å².